The van der Waals surface area contributed by atoms with Crippen LogP contribution in [0, 0.1) is 6.92 Å². The number of carbonyl (C=O) groups is 2. The van der Waals surface area contributed by atoms with E-state index in [2.05, 4.69) is 15.6 Å². The van der Waals surface area contributed by atoms with E-state index in [4.69, 9.17) is 13.9 Å². The molecule has 0 bridgehead atoms. The summed E-state index contributed by atoms with van der Waals surface area (Å²) >= 11 is 0. The summed E-state index contributed by atoms with van der Waals surface area (Å²) in [6.45, 7) is 7.18. The summed E-state index contributed by atoms with van der Waals surface area (Å²) in [6.07, 6.45) is -0.435. The number of hydrogen-bond donors (Lipinski definition) is 3. The molecule has 3 rings (SSSR count). The van der Waals surface area contributed by atoms with Crippen LogP contribution in [0.5, 0.6) is 5.75 Å². The largest absolute Gasteiger partial charge is 0.497 e. The first-order chi connectivity index (χ1) is 16.5. The maximum atomic E-state index is 12.8. The summed E-state index contributed by atoms with van der Waals surface area (Å²) in [5.74, 6) is -0.461. The Labute approximate surface area is 202 Å². The van der Waals surface area contributed by atoms with E-state index >= 15 is 0 Å². The molecule has 0 spiro atoms. The number of benzene rings is 2. The monoisotopic (exact) mass is 483 g/mol. The van der Waals surface area contributed by atoms with Crippen molar-refractivity contribution in [2.45, 2.75) is 52.3 Å². The average molecular weight is 484 g/mol. The molecule has 3 N–H and O–H groups in total. The van der Waals surface area contributed by atoms with Crippen molar-refractivity contribution in [2.24, 2.45) is 0 Å². The lowest BCUT2D eigenvalue weighted by Crippen LogP contribution is -2.32. The number of carbonyl (C=O) groups excluding carboxylic acids is 1. The highest BCUT2D eigenvalue weighted by atomic mass is 16.6. The number of aromatic nitrogens is 1. The van der Waals surface area contributed by atoms with E-state index in [1.807, 2.05) is 0 Å². The fourth-order valence-corrected chi connectivity index (χ4v) is 3.44. The zero-order valence-electron chi connectivity index (χ0n) is 20.3. The van der Waals surface area contributed by atoms with Gasteiger partial charge in [0.1, 0.15) is 17.4 Å². The topological polar surface area (TPSA) is 140 Å². The summed E-state index contributed by atoms with van der Waals surface area (Å²) in [4.78, 5) is 40.8. The van der Waals surface area contributed by atoms with Crippen LogP contribution in [0.4, 0.5) is 10.8 Å². The number of carboxylic acid groups (broad SMARTS) is 1. The highest BCUT2D eigenvalue weighted by Crippen LogP contribution is 2.20. The molecular formula is C25H29N3O7. The maximum absolute atomic E-state index is 12.8. The van der Waals surface area contributed by atoms with Gasteiger partial charge >= 0.3 is 17.7 Å². The van der Waals surface area contributed by atoms with Crippen molar-refractivity contribution in [3.8, 4) is 5.75 Å². The SMILES string of the molecule is COc1ccc(C[C@H](Nc2nc3ccc(CNC(=O)OC(C)(C)C)c(C)c3c(=O)o2)C(=O)O)cc1. The fourth-order valence-electron chi connectivity index (χ4n) is 3.44. The van der Waals surface area contributed by atoms with Gasteiger partial charge in [0.05, 0.1) is 18.0 Å². The molecule has 0 aliphatic rings. The Bertz CT molecular complexity index is 1280. The zero-order chi connectivity index (χ0) is 25.8. The second-order valence-electron chi connectivity index (χ2n) is 8.99. The number of nitrogens with one attached hydrogen (secondary N) is 2. The summed E-state index contributed by atoms with van der Waals surface area (Å²) < 4.78 is 15.6. The number of anilines is 1. The van der Waals surface area contributed by atoms with E-state index < -0.39 is 29.3 Å². The Morgan fingerprint density at radius 1 is 1.14 bits per heavy atom. The van der Waals surface area contributed by atoms with Crippen LogP contribution < -0.4 is 21.0 Å². The van der Waals surface area contributed by atoms with Gasteiger partial charge in [-0.25, -0.2) is 14.4 Å². The molecule has 0 radical (unpaired) electrons. The van der Waals surface area contributed by atoms with Gasteiger partial charge in [0.25, 0.3) is 6.01 Å². The highest BCUT2D eigenvalue weighted by molar-refractivity contribution is 5.83. The first-order valence-electron chi connectivity index (χ1n) is 11.0. The first kappa shape index (κ1) is 25.5. The second kappa shape index (κ2) is 10.5. The van der Waals surface area contributed by atoms with Crippen molar-refractivity contribution in [3.05, 3.63) is 63.5 Å². The van der Waals surface area contributed by atoms with Crippen LogP contribution in [0.2, 0.25) is 0 Å². The molecule has 1 aromatic heterocycles. The van der Waals surface area contributed by atoms with E-state index in [0.717, 1.165) is 5.56 Å². The lowest BCUT2D eigenvalue weighted by molar-refractivity contribution is -0.137. The molecule has 186 valence electrons. The molecule has 1 atom stereocenters. The molecule has 0 saturated carbocycles. The molecule has 10 heteroatoms. The van der Waals surface area contributed by atoms with Crippen LogP contribution in [-0.2, 0) is 22.5 Å². The molecule has 3 aromatic rings. The van der Waals surface area contributed by atoms with Gasteiger partial charge in [0.15, 0.2) is 0 Å². The van der Waals surface area contributed by atoms with E-state index in [1.165, 1.54) is 0 Å². The van der Waals surface area contributed by atoms with Crippen LogP contribution in [0.15, 0.2) is 45.6 Å². The smallest absolute Gasteiger partial charge is 0.407 e. The van der Waals surface area contributed by atoms with E-state index in [-0.39, 0.29) is 24.4 Å². The normalized spacial score (nSPS) is 12.1. The lowest BCUT2D eigenvalue weighted by atomic mass is 10.0. The van der Waals surface area contributed by atoms with Crippen LogP contribution in [-0.4, -0.2) is 40.9 Å². The van der Waals surface area contributed by atoms with E-state index in [9.17, 15) is 19.5 Å². The number of aliphatic carboxylic acids is 1. The Morgan fingerprint density at radius 2 is 1.83 bits per heavy atom. The number of amides is 1. The summed E-state index contributed by atoms with van der Waals surface area (Å²) in [6, 6.07) is 9.08. The number of ether oxygens (including phenoxy) is 2. The van der Waals surface area contributed by atoms with E-state index in [1.54, 1.807) is 71.2 Å². The number of aryl methyl sites for hydroxylation is 1. The molecule has 1 heterocycles. The summed E-state index contributed by atoms with van der Waals surface area (Å²) in [5.41, 5.74) is 1.10. The minimum absolute atomic E-state index is 0.136. The number of hydrogen-bond acceptors (Lipinski definition) is 8. The van der Waals surface area contributed by atoms with Crippen molar-refractivity contribution in [3.63, 3.8) is 0 Å². The predicted octanol–water partition coefficient (Wildman–Crippen LogP) is 3.64. The standard InChI is InChI=1S/C25H29N3O7/c1-14-16(13-26-24(32)35-25(2,3)4)8-11-18-20(14)22(31)34-23(27-18)28-19(21(29)30)12-15-6-9-17(33-5)10-7-15/h6-11,19H,12-13H2,1-5H3,(H,26,32)(H,27,28)(H,29,30)/t19-/m0/s1. The molecule has 0 unspecified atom stereocenters. The van der Waals surface area contributed by atoms with Gasteiger partial charge in [-0.2, -0.15) is 4.98 Å². The number of fused-ring (bicyclic) bond motifs is 1. The van der Waals surface area contributed by atoms with E-state index in [0.29, 0.717) is 22.4 Å². The lowest BCUT2D eigenvalue weighted by Gasteiger charge is -2.20. The third kappa shape index (κ3) is 6.72. The molecule has 0 fully saturated rings. The van der Waals surface area contributed by atoms with Gasteiger partial charge in [0, 0.05) is 13.0 Å². The fraction of sp³-hybridized carbons (Fsp3) is 0.360. The third-order valence-electron chi connectivity index (χ3n) is 5.19. The molecule has 1 amide bonds. The van der Waals surface area contributed by atoms with Crippen molar-refractivity contribution in [1.29, 1.82) is 0 Å². The molecule has 2 aromatic carbocycles. The second-order valence-corrected chi connectivity index (χ2v) is 8.99. The summed E-state index contributed by atoms with van der Waals surface area (Å²) in [7, 11) is 1.55. The summed E-state index contributed by atoms with van der Waals surface area (Å²) in [5, 5.41) is 15.3. The Balaban J connectivity index is 1.79. The highest BCUT2D eigenvalue weighted by Gasteiger charge is 2.21. The number of rotatable bonds is 8. The van der Waals surface area contributed by atoms with Crippen molar-refractivity contribution >= 4 is 29.0 Å². The number of methoxy groups -OCH3 is 1. The number of alkyl carbamates (subject to hydrolysis) is 1. The van der Waals surface area contributed by atoms with Crippen LogP contribution in [0.1, 0.15) is 37.5 Å². The molecule has 0 aliphatic heterocycles. The molecule has 10 nitrogen and oxygen atoms in total. The maximum Gasteiger partial charge on any atom is 0.407 e. The number of carboxylic acids is 1. The molecule has 35 heavy (non-hydrogen) atoms. The Kier molecular flexibility index (Phi) is 7.63. The van der Waals surface area contributed by atoms with Gasteiger partial charge in [-0.1, -0.05) is 18.2 Å². The minimum atomic E-state index is -1.12. The quantitative estimate of drug-likeness (QED) is 0.438. The Morgan fingerprint density at radius 3 is 2.43 bits per heavy atom. The molecule has 0 aliphatic carbocycles. The van der Waals surface area contributed by atoms with Gasteiger partial charge in [-0.3, -0.25) is 0 Å². The minimum Gasteiger partial charge on any atom is -0.497 e. The van der Waals surface area contributed by atoms with Crippen molar-refractivity contribution < 1.29 is 28.6 Å². The molecule has 0 saturated heterocycles. The first-order valence-corrected chi connectivity index (χ1v) is 11.0. The third-order valence-corrected chi connectivity index (χ3v) is 5.19. The van der Waals surface area contributed by atoms with Crippen LogP contribution in [0.3, 0.4) is 0 Å². The average Bonchev–Trinajstić information content (AvgIpc) is 2.77. The van der Waals surface area contributed by atoms with Crippen molar-refractivity contribution in [2.75, 3.05) is 12.4 Å². The number of nitrogens with zero attached hydrogens (tertiary/aromatic N) is 1. The predicted molar refractivity (Wildman–Crippen MR) is 130 cm³/mol. The van der Waals surface area contributed by atoms with Gasteiger partial charge in [-0.05, 0) is 62.6 Å². The van der Waals surface area contributed by atoms with Crippen molar-refractivity contribution in [1.82, 2.24) is 10.3 Å². The molecular weight excluding hydrogens is 454 g/mol. The zero-order valence-corrected chi connectivity index (χ0v) is 20.3. The van der Waals surface area contributed by atoms with Crippen LogP contribution in [0.25, 0.3) is 10.9 Å². The van der Waals surface area contributed by atoms with Crippen LogP contribution >= 0.6 is 0 Å². The van der Waals surface area contributed by atoms with Gasteiger partial charge in [-0.15, -0.1) is 0 Å². The Hall–Kier alpha value is -4.08. The van der Waals surface area contributed by atoms with Gasteiger partial charge < -0.3 is 29.6 Å². The van der Waals surface area contributed by atoms with Gasteiger partial charge in [0.2, 0.25) is 0 Å².